The minimum Gasteiger partial charge on any atom is -0.385 e. The molecule has 15 heavy (non-hydrogen) atoms. The molecule has 1 aromatic carbocycles. The van der Waals surface area contributed by atoms with Crippen LogP contribution in [0.1, 0.15) is 13.3 Å². The van der Waals surface area contributed by atoms with Gasteiger partial charge < -0.3 is 5.73 Å². The Labute approximate surface area is 88.1 Å². The summed E-state index contributed by atoms with van der Waals surface area (Å²) in [5.41, 5.74) is 5.84. The normalized spacial score (nSPS) is 10.7. The first-order valence-electron chi connectivity index (χ1n) is 5.12. The predicted molar refractivity (Wildman–Crippen MR) is 62.9 cm³/mol. The van der Waals surface area contributed by atoms with Crippen molar-refractivity contribution in [3.05, 3.63) is 40.7 Å². The summed E-state index contributed by atoms with van der Waals surface area (Å²) in [5, 5.41) is 1.65. The highest BCUT2D eigenvalue weighted by molar-refractivity contribution is 5.83. The van der Waals surface area contributed by atoms with Gasteiger partial charge >= 0.3 is 0 Å². The molecule has 0 atom stereocenters. The minimum atomic E-state index is 0.00690. The maximum Gasteiger partial charge on any atom is 0.259 e. The average molecular weight is 202 g/mol. The van der Waals surface area contributed by atoms with Gasteiger partial charge in [0.1, 0.15) is 5.82 Å². The summed E-state index contributed by atoms with van der Waals surface area (Å²) in [6, 6.07) is 9.38. The summed E-state index contributed by atoms with van der Waals surface area (Å²) >= 11 is 0. The Hall–Kier alpha value is -1.77. The Morgan fingerprint density at radius 1 is 1.33 bits per heavy atom. The van der Waals surface area contributed by atoms with Crippen molar-refractivity contribution in [2.45, 2.75) is 19.9 Å². The van der Waals surface area contributed by atoms with E-state index in [2.05, 4.69) is 0 Å². The largest absolute Gasteiger partial charge is 0.385 e. The van der Waals surface area contributed by atoms with Gasteiger partial charge in [-0.05, 0) is 23.9 Å². The number of aromatic nitrogens is 1. The van der Waals surface area contributed by atoms with Crippen LogP contribution in [0, 0.1) is 0 Å². The third kappa shape index (κ3) is 1.61. The van der Waals surface area contributed by atoms with Crippen LogP contribution < -0.4 is 11.3 Å². The summed E-state index contributed by atoms with van der Waals surface area (Å²) in [6.45, 7) is 2.70. The van der Waals surface area contributed by atoms with E-state index in [1.54, 1.807) is 4.57 Å². The molecule has 0 aliphatic heterocycles. The fourth-order valence-corrected chi connectivity index (χ4v) is 1.77. The van der Waals surface area contributed by atoms with Crippen LogP contribution in [0.2, 0.25) is 0 Å². The quantitative estimate of drug-likeness (QED) is 0.809. The second-order valence-corrected chi connectivity index (χ2v) is 3.61. The van der Waals surface area contributed by atoms with E-state index < -0.39 is 0 Å². The van der Waals surface area contributed by atoms with Crippen molar-refractivity contribution in [2.24, 2.45) is 0 Å². The number of benzene rings is 1. The summed E-state index contributed by atoms with van der Waals surface area (Å²) in [5.74, 6) is 0.542. The Morgan fingerprint density at radius 3 is 2.80 bits per heavy atom. The molecule has 0 bridgehead atoms. The molecule has 3 nitrogen and oxygen atoms in total. The van der Waals surface area contributed by atoms with E-state index in [1.165, 1.54) is 0 Å². The highest BCUT2D eigenvalue weighted by atomic mass is 16.1. The lowest BCUT2D eigenvalue weighted by atomic mass is 10.1. The van der Waals surface area contributed by atoms with Crippen LogP contribution in [0.3, 0.4) is 0 Å². The van der Waals surface area contributed by atoms with Crippen molar-refractivity contribution in [2.75, 3.05) is 5.73 Å². The number of hydrogen-bond acceptors (Lipinski definition) is 2. The minimum absolute atomic E-state index is 0.00690. The molecule has 0 saturated carbocycles. The Morgan fingerprint density at radius 2 is 2.07 bits per heavy atom. The van der Waals surface area contributed by atoms with Gasteiger partial charge in [0.2, 0.25) is 0 Å². The number of pyridine rings is 1. The topological polar surface area (TPSA) is 48.0 Å². The number of nitrogens with zero attached hydrogens (tertiary/aromatic N) is 1. The van der Waals surface area contributed by atoms with Crippen LogP contribution in [-0.2, 0) is 6.54 Å². The molecule has 2 rings (SSSR count). The molecule has 1 heterocycles. The van der Waals surface area contributed by atoms with Crippen molar-refractivity contribution < 1.29 is 0 Å². The van der Waals surface area contributed by atoms with Gasteiger partial charge in [-0.25, -0.2) is 0 Å². The first-order valence-corrected chi connectivity index (χ1v) is 5.12. The van der Waals surface area contributed by atoms with E-state index in [1.807, 2.05) is 37.3 Å². The zero-order chi connectivity index (χ0) is 10.8. The second kappa shape index (κ2) is 3.77. The van der Waals surface area contributed by atoms with Crippen LogP contribution in [0.25, 0.3) is 10.8 Å². The number of anilines is 1. The van der Waals surface area contributed by atoms with Gasteiger partial charge in [0.25, 0.3) is 5.56 Å². The maximum absolute atomic E-state index is 12.0. The molecule has 0 fully saturated rings. The number of hydrogen-bond donors (Lipinski definition) is 1. The number of rotatable bonds is 2. The van der Waals surface area contributed by atoms with Crippen molar-refractivity contribution in [1.29, 1.82) is 0 Å². The Bertz CT molecular complexity index is 543. The van der Waals surface area contributed by atoms with E-state index >= 15 is 0 Å². The van der Waals surface area contributed by atoms with E-state index in [0.717, 1.165) is 17.2 Å². The molecule has 1 aromatic heterocycles. The average Bonchev–Trinajstić information content (AvgIpc) is 2.24. The molecule has 0 aliphatic carbocycles. The summed E-state index contributed by atoms with van der Waals surface area (Å²) < 4.78 is 1.63. The van der Waals surface area contributed by atoms with Gasteiger partial charge in [-0.15, -0.1) is 0 Å². The van der Waals surface area contributed by atoms with Crippen LogP contribution in [0.5, 0.6) is 0 Å². The number of nitrogen functional groups attached to an aromatic ring is 1. The number of nitrogens with two attached hydrogens (primary N) is 1. The molecule has 0 amide bonds. The SMILES string of the molecule is CCCn1c(N)cc2ccccc2c1=O. The third-order valence-electron chi connectivity index (χ3n) is 2.50. The zero-order valence-electron chi connectivity index (χ0n) is 8.73. The molecule has 0 aliphatic rings. The van der Waals surface area contributed by atoms with Crippen LogP contribution in [0.4, 0.5) is 5.82 Å². The molecule has 2 aromatic rings. The second-order valence-electron chi connectivity index (χ2n) is 3.61. The van der Waals surface area contributed by atoms with Crippen LogP contribution in [0.15, 0.2) is 35.1 Å². The van der Waals surface area contributed by atoms with Crippen molar-refractivity contribution in [3.63, 3.8) is 0 Å². The van der Waals surface area contributed by atoms with Gasteiger partial charge in [-0.3, -0.25) is 9.36 Å². The molecule has 3 heteroatoms. The van der Waals surface area contributed by atoms with Crippen LogP contribution in [-0.4, -0.2) is 4.57 Å². The summed E-state index contributed by atoms with van der Waals surface area (Å²) in [6.07, 6.45) is 0.905. The molecular weight excluding hydrogens is 188 g/mol. The predicted octanol–water partition coefficient (Wildman–Crippen LogP) is 1.99. The van der Waals surface area contributed by atoms with Gasteiger partial charge in [0.15, 0.2) is 0 Å². The zero-order valence-corrected chi connectivity index (χ0v) is 8.73. The van der Waals surface area contributed by atoms with E-state index in [4.69, 9.17) is 5.73 Å². The Balaban J connectivity index is 2.78. The highest BCUT2D eigenvalue weighted by Crippen LogP contribution is 2.13. The van der Waals surface area contributed by atoms with Gasteiger partial charge in [0, 0.05) is 11.9 Å². The van der Waals surface area contributed by atoms with Gasteiger partial charge in [-0.1, -0.05) is 25.1 Å². The monoisotopic (exact) mass is 202 g/mol. The van der Waals surface area contributed by atoms with Crippen molar-refractivity contribution in [1.82, 2.24) is 4.57 Å². The highest BCUT2D eigenvalue weighted by Gasteiger charge is 2.04. The fourth-order valence-electron chi connectivity index (χ4n) is 1.77. The molecule has 2 N–H and O–H groups in total. The lowest BCUT2D eigenvalue weighted by Gasteiger charge is -2.09. The van der Waals surface area contributed by atoms with Crippen molar-refractivity contribution >= 4 is 16.6 Å². The first kappa shape index (κ1) is 9.77. The first-order chi connectivity index (χ1) is 7.24. The molecular formula is C12H14N2O. The van der Waals surface area contributed by atoms with Crippen LogP contribution >= 0.6 is 0 Å². The molecule has 0 unspecified atom stereocenters. The van der Waals surface area contributed by atoms with Crippen molar-refractivity contribution in [3.8, 4) is 0 Å². The third-order valence-corrected chi connectivity index (χ3v) is 2.50. The molecule has 78 valence electrons. The number of fused-ring (bicyclic) bond motifs is 1. The summed E-state index contributed by atoms with van der Waals surface area (Å²) in [4.78, 5) is 12.0. The standard InChI is InChI=1S/C12H14N2O/c1-2-7-14-11(13)8-9-5-3-4-6-10(9)12(14)15/h3-6,8H,2,7,13H2,1H3. The molecule has 0 spiro atoms. The van der Waals surface area contributed by atoms with E-state index in [9.17, 15) is 4.79 Å². The van der Waals surface area contributed by atoms with Gasteiger partial charge in [-0.2, -0.15) is 0 Å². The lowest BCUT2D eigenvalue weighted by Crippen LogP contribution is -2.22. The Kier molecular flexibility index (Phi) is 2.46. The smallest absolute Gasteiger partial charge is 0.259 e. The van der Waals surface area contributed by atoms with E-state index in [-0.39, 0.29) is 5.56 Å². The summed E-state index contributed by atoms with van der Waals surface area (Å²) in [7, 11) is 0. The molecule has 0 saturated heterocycles. The molecule has 0 radical (unpaired) electrons. The maximum atomic E-state index is 12.0. The van der Waals surface area contributed by atoms with Gasteiger partial charge in [0.05, 0.1) is 0 Å². The van der Waals surface area contributed by atoms with E-state index in [0.29, 0.717) is 12.4 Å². The lowest BCUT2D eigenvalue weighted by molar-refractivity contribution is 0.668. The fraction of sp³-hybridized carbons (Fsp3) is 0.250.